The fourth-order valence-electron chi connectivity index (χ4n) is 3.55. The van der Waals surface area contributed by atoms with Crippen molar-refractivity contribution in [3.8, 4) is 17.2 Å². The molecule has 2 rings (SSSR count). The molecule has 1 aliphatic heterocycles. The van der Waals surface area contributed by atoms with Crippen LogP contribution in [-0.2, 0) is 42.9 Å². The minimum absolute atomic E-state index is 0.123. The van der Waals surface area contributed by atoms with Gasteiger partial charge in [-0.15, -0.1) is 0 Å². The van der Waals surface area contributed by atoms with Crippen LogP contribution < -0.4 is 9.47 Å². The van der Waals surface area contributed by atoms with Crippen molar-refractivity contribution >= 4 is 29.7 Å². The van der Waals surface area contributed by atoms with Gasteiger partial charge in [0.2, 0.25) is 12.4 Å². The minimum atomic E-state index is -1.59. The first-order valence-electron chi connectivity index (χ1n) is 10.7. The number of ketones is 1. The predicted octanol–water partition coefficient (Wildman–Crippen LogP) is 1.07. The normalized spacial score (nSPS) is 23.1. The molecule has 1 aromatic rings. The van der Waals surface area contributed by atoms with Gasteiger partial charge in [0.25, 0.3) is 0 Å². The molecule has 13 heteroatoms. The molecule has 198 valence electrons. The molecule has 0 aromatic heterocycles. The number of carbonyl (C=O) groups excluding carboxylic acids is 5. The van der Waals surface area contributed by atoms with Gasteiger partial charge in [0.1, 0.15) is 35.5 Å². The number of hydrogen-bond acceptors (Lipinski definition) is 13. The molecule has 36 heavy (non-hydrogen) atoms. The van der Waals surface area contributed by atoms with E-state index in [9.17, 15) is 29.1 Å². The van der Waals surface area contributed by atoms with Gasteiger partial charge in [-0.3, -0.25) is 24.0 Å². The highest BCUT2D eigenvalue weighted by Crippen LogP contribution is 2.37. The second-order valence-corrected chi connectivity index (χ2v) is 7.76. The Balaban J connectivity index is 2.61. The van der Waals surface area contributed by atoms with Crippen LogP contribution >= 0.6 is 0 Å². The van der Waals surface area contributed by atoms with E-state index in [2.05, 4.69) is 0 Å². The number of carbonyl (C=O) groups is 5. The van der Waals surface area contributed by atoms with Crippen LogP contribution in [0.25, 0.3) is 0 Å². The lowest BCUT2D eigenvalue weighted by atomic mass is 9.98. The molecule has 5 atom stereocenters. The molecular formula is C23H28O13. The highest BCUT2D eigenvalue weighted by Gasteiger charge is 2.53. The Bertz CT molecular complexity index is 1020. The second-order valence-electron chi connectivity index (χ2n) is 7.76. The van der Waals surface area contributed by atoms with Crippen LogP contribution in [-0.4, -0.2) is 79.2 Å². The summed E-state index contributed by atoms with van der Waals surface area (Å²) in [5, 5.41) is 10.3. The van der Waals surface area contributed by atoms with Crippen molar-refractivity contribution in [3.05, 3.63) is 17.7 Å². The van der Waals surface area contributed by atoms with Gasteiger partial charge in [-0.05, 0) is 6.92 Å². The summed E-state index contributed by atoms with van der Waals surface area (Å²) in [5.41, 5.74) is -0.233. The first kappa shape index (κ1) is 28.4. The topological polar surface area (TPSA) is 170 Å². The number of Topliss-reactive ketones (excluding diaryl/α,β-unsaturated/α-hetero) is 1. The van der Waals surface area contributed by atoms with E-state index in [1.807, 2.05) is 0 Å². The van der Waals surface area contributed by atoms with Gasteiger partial charge >= 0.3 is 23.9 Å². The van der Waals surface area contributed by atoms with Crippen LogP contribution in [0.5, 0.6) is 17.2 Å². The summed E-state index contributed by atoms with van der Waals surface area (Å²) >= 11 is 0. The summed E-state index contributed by atoms with van der Waals surface area (Å²) < 4.78 is 37.8. The number of aromatic hydroxyl groups is 1. The average molecular weight is 512 g/mol. The smallest absolute Gasteiger partial charge is 0.303 e. The van der Waals surface area contributed by atoms with Gasteiger partial charge in [0.15, 0.2) is 18.0 Å². The lowest BCUT2D eigenvalue weighted by Gasteiger charge is -2.44. The van der Waals surface area contributed by atoms with E-state index in [0.717, 1.165) is 27.7 Å². The Morgan fingerprint density at radius 1 is 0.833 bits per heavy atom. The molecule has 0 spiro atoms. The van der Waals surface area contributed by atoms with E-state index >= 15 is 0 Å². The van der Waals surface area contributed by atoms with E-state index in [4.69, 9.17) is 33.2 Å². The third kappa shape index (κ3) is 7.31. The molecule has 1 N–H and O–H groups in total. The third-order valence-electron chi connectivity index (χ3n) is 4.83. The van der Waals surface area contributed by atoms with Crippen molar-refractivity contribution in [1.29, 1.82) is 0 Å². The van der Waals surface area contributed by atoms with Crippen LogP contribution in [0.15, 0.2) is 12.1 Å². The number of phenolic OH excluding ortho intramolecular Hbond substituents is 1. The number of hydrogen-bond donors (Lipinski definition) is 1. The van der Waals surface area contributed by atoms with Crippen molar-refractivity contribution < 1.29 is 62.2 Å². The molecule has 0 amide bonds. The summed E-state index contributed by atoms with van der Waals surface area (Å²) in [5.74, 6) is -4.22. The fourth-order valence-corrected chi connectivity index (χ4v) is 3.55. The summed E-state index contributed by atoms with van der Waals surface area (Å²) in [6.45, 7) is 5.11. The number of ether oxygens (including phenoxy) is 7. The van der Waals surface area contributed by atoms with Crippen molar-refractivity contribution in [2.24, 2.45) is 0 Å². The molecule has 1 aromatic carbocycles. The molecule has 13 nitrogen and oxygen atoms in total. The standard InChI is InChI=1S/C23H28O13/c1-10(24)19-16(29)7-15(30-6)8-17(19)35-23-22(34-14(5)28)21(33-13(4)27)20(32-12(3)26)18(36-23)9-31-11(2)25/h7-8,18,20-23,29H,9H2,1-6H3/t18-,20-,21+,22-,23-/m1/s1. The fraction of sp³-hybridized carbons (Fsp3) is 0.522. The Labute approximate surface area is 206 Å². The van der Waals surface area contributed by atoms with E-state index in [-0.39, 0.29) is 17.1 Å². The first-order chi connectivity index (χ1) is 16.8. The number of rotatable bonds is 9. The zero-order valence-corrected chi connectivity index (χ0v) is 20.6. The van der Waals surface area contributed by atoms with Crippen LogP contribution in [0.3, 0.4) is 0 Å². The van der Waals surface area contributed by atoms with Gasteiger partial charge < -0.3 is 38.3 Å². The molecule has 1 fully saturated rings. The highest BCUT2D eigenvalue weighted by molar-refractivity contribution is 5.99. The number of benzene rings is 1. The quantitative estimate of drug-likeness (QED) is 0.283. The van der Waals surface area contributed by atoms with Crippen LogP contribution in [0.4, 0.5) is 0 Å². The third-order valence-corrected chi connectivity index (χ3v) is 4.83. The largest absolute Gasteiger partial charge is 0.507 e. The molecule has 1 saturated heterocycles. The van der Waals surface area contributed by atoms with E-state index in [1.54, 1.807) is 0 Å². The zero-order chi connectivity index (χ0) is 27.2. The Morgan fingerprint density at radius 3 is 1.89 bits per heavy atom. The number of esters is 4. The summed E-state index contributed by atoms with van der Waals surface area (Å²) in [6.07, 6.45) is -7.19. The second kappa shape index (κ2) is 12.2. The molecule has 0 aliphatic carbocycles. The lowest BCUT2D eigenvalue weighted by Crippen LogP contribution is -2.63. The zero-order valence-electron chi connectivity index (χ0n) is 20.6. The summed E-state index contributed by atoms with van der Waals surface area (Å²) in [7, 11) is 1.32. The molecule has 0 radical (unpaired) electrons. The van der Waals surface area contributed by atoms with Crippen molar-refractivity contribution in [2.45, 2.75) is 65.3 Å². The van der Waals surface area contributed by atoms with Gasteiger partial charge in [-0.2, -0.15) is 0 Å². The Kier molecular flexibility index (Phi) is 9.61. The lowest BCUT2D eigenvalue weighted by molar-refractivity contribution is -0.288. The van der Waals surface area contributed by atoms with Crippen molar-refractivity contribution in [2.75, 3.05) is 13.7 Å². The maximum atomic E-state index is 12.2. The molecule has 1 heterocycles. The SMILES string of the molecule is COc1cc(O)c(C(C)=O)c(O[C@@H]2O[C@H](COC(C)=O)[C@@H](OC(C)=O)[C@H](OC(C)=O)[C@H]2OC(C)=O)c1. The highest BCUT2D eigenvalue weighted by atomic mass is 16.7. The van der Waals surface area contributed by atoms with Crippen molar-refractivity contribution in [1.82, 2.24) is 0 Å². The summed E-state index contributed by atoms with van der Waals surface area (Å²) in [6, 6.07) is 2.47. The molecule has 0 saturated carbocycles. The number of methoxy groups -OCH3 is 1. The molecular weight excluding hydrogens is 484 g/mol. The maximum Gasteiger partial charge on any atom is 0.303 e. The monoisotopic (exact) mass is 512 g/mol. The minimum Gasteiger partial charge on any atom is -0.507 e. The van der Waals surface area contributed by atoms with E-state index in [0.29, 0.717) is 0 Å². The van der Waals surface area contributed by atoms with Gasteiger partial charge in [-0.1, -0.05) is 0 Å². The first-order valence-corrected chi connectivity index (χ1v) is 10.7. The van der Waals surface area contributed by atoms with E-state index in [1.165, 1.54) is 26.2 Å². The van der Waals surface area contributed by atoms with E-state index < -0.39 is 72.7 Å². The predicted molar refractivity (Wildman–Crippen MR) is 117 cm³/mol. The van der Waals surface area contributed by atoms with Crippen LogP contribution in [0.1, 0.15) is 45.0 Å². The molecule has 0 unspecified atom stereocenters. The molecule has 0 bridgehead atoms. The van der Waals surface area contributed by atoms with Crippen LogP contribution in [0.2, 0.25) is 0 Å². The average Bonchev–Trinajstić information content (AvgIpc) is 2.74. The summed E-state index contributed by atoms with van der Waals surface area (Å²) in [4.78, 5) is 59.3. The molecule has 1 aliphatic rings. The maximum absolute atomic E-state index is 12.2. The van der Waals surface area contributed by atoms with Crippen LogP contribution in [0, 0.1) is 0 Å². The van der Waals surface area contributed by atoms with Gasteiger partial charge in [0, 0.05) is 39.8 Å². The van der Waals surface area contributed by atoms with Gasteiger partial charge in [0.05, 0.1) is 7.11 Å². The number of phenols is 1. The van der Waals surface area contributed by atoms with Crippen molar-refractivity contribution in [3.63, 3.8) is 0 Å². The van der Waals surface area contributed by atoms with Gasteiger partial charge in [-0.25, -0.2) is 0 Å². The Morgan fingerprint density at radius 2 is 1.39 bits per heavy atom. The Hall–Kier alpha value is -3.87.